The van der Waals surface area contributed by atoms with Gasteiger partial charge in [0.15, 0.2) is 0 Å². The number of rotatable bonds is 7. The molecule has 4 rings (SSSR count). The van der Waals surface area contributed by atoms with E-state index >= 15 is 0 Å². The van der Waals surface area contributed by atoms with Crippen LogP contribution in [0.5, 0.6) is 0 Å². The zero-order chi connectivity index (χ0) is 26.0. The standard InChI is InChI=1S/C24H25N5O7/c1-15(28-23(32)18-4-3-5-19(29(34)35)21(18)24(28)33)22(31)26(2)14-20(30)25-16-6-8-17(9-7-16)27-10-12-36-13-11-27/h3-9,15H,10-14H2,1-2H3,(H,25,30). The van der Waals surface area contributed by atoms with Crippen LogP contribution in [-0.2, 0) is 14.3 Å². The summed E-state index contributed by atoms with van der Waals surface area (Å²) >= 11 is 0. The molecule has 2 aliphatic heterocycles. The highest BCUT2D eigenvalue weighted by Crippen LogP contribution is 2.32. The van der Waals surface area contributed by atoms with E-state index in [1.54, 1.807) is 12.1 Å². The molecule has 1 atom stereocenters. The number of hydrogen-bond acceptors (Lipinski definition) is 8. The summed E-state index contributed by atoms with van der Waals surface area (Å²) in [5.41, 5.74) is 0.598. The normalized spacial score (nSPS) is 15.9. The van der Waals surface area contributed by atoms with Crippen LogP contribution in [0.15, 0.2) is 42.5 Å². The van der Waals surface area contributed by atoms with Crippen molar-refractivity contribution in [1.82, 2.24) is 9.80 Å². The number of ether oxygens (including phenoxy) is 1. The Hall–Kier alpha value is -4.32. The van der Waals surface area contributed by atoms with Gasteiger partial charge < -0.3 is 19.9 Å². The van der Waals surface area contributed by atoms with Gasteiger partial charge in [-0.3, -0.25) is 34.2 Å². The van der Waals surface area contributed by atoms with Gasteiger partial charge in [-0.15, -0.1) is 0 Å². The Bertz CT molecular complexity index is 1220. The fourth-order valence-electron chi connectivity index (χ4n) is 4.29. The molecule has 2 aromatic carbocycles. The van der Waals surface area contributed by atoms with E-state index in [-0.39, 0.29) is 17.7 Å². The molecule has 1 fully saturated rings. The van der Waals surface area contributed by atoms with E-state index in [9.17, 15) is 29.3 Å². The van der Waals surface area contributed by atoms with Crippen LogP contribution in [0.3, 0.4) is 0 Å². The number of nitrogens with one attached hydrogen (secondary N) is 1. The van der Waals surface area contributed by atoms with Crippen molar-refractivity contribution in [2.45, 2.75) is 13.0 Å². The van der Waals surface area contributed by atoms with E-state index in [0.29, 0.717) is 23.8 Å². The summed E-state index contributed by atoms with van der Waals surface area (Å²) in [6.07, 6.45) is 0. The molecule has 12 nitrogen and oxygen atoms in total. The van der Waals surface area contributed by atoms with Gasteiger partial charge in [-0.2, -0.15) is 0 Å². The molecule has 188 valence electrons. The highest BCUT2D eigenvalue weighted by Gasteiger charge is 2.45. The van der Waals surface area contributed by atoms with Crippen molar-refractivity contribution in [3.05, 3.63) is 63.7 Å². The van der Waals surface area contributed by atoms with Crippen LogP contribution in [0.25, 0.3) is 0 Å². The number of fused-ring (bicyclic) bond motifs is 1. The molecule has 36 heavy (non-hydrogen) atoms. The lowest BCUT2D eigenvalue weighted by Crippen LogP contribution is -2.49. The molecule has 0 spiro atoms. The average molecular weight is 495 g/mol. The molecule has 12 heteroatoms. The molecule has 0 saturated carbocycles. The van der Waals surface area contributed by atoms with Crippen molar-refractivity contribution in [2.24, 2.45) is 0 Å². The lowest BCUT2D eigenvalue weighted by molar-refractivity contribution is -0.385. The number of anilines is 2. The van der Waals surface area contributed by atoms with Gasteiger partial charge in [0.25, 0.3) is 17.5 Å². The SMILES string of the molecule is CC(C(=O)N(C)CC(=O)Nc1ccc(N2CCOCC2)cc1)N1C(=O)c2cccc([N+](=O)[O-])c2C1=O. The molecule has 0 bridgehead atoms. The first-order valence-electron chi connectivity index (χ1n) is 11.3. The van der Waals surface area contributed by atoms with E-state index in [1.165, 1.54) is 26.1 Å². The summed E-state index contributed by atoms with van der Waals surface area (Å²) in [4.78, 5) is 65.6. The number of morpholine rings is 1. The molecule has 1 unspecified atom stereocenters. The topological polar surface area (TPSA) is 142 Å². The Labute approximate surface area is 206 Å². The fraction of sp³-hybridized carbons (Fsp3) is 0.333. The smallest absolute Gasteiger partial charge is 0.282 e. The fourth-order valence-corrected chi connectivity index (χ4v) is 4.29. The zero-order valence-electron chi connectivity index (χ0n) is 19.8. The van der Waals surface area contributed by atoms with E-state index in [4.69, 9.17) is 4.74 Å². The van der Waals surface area contributed by atoms with Crippen LogP contribution >= 0.6 is 0 Å². The molecule has 2 aromatic rings. The van der Waals surface area contributed by atoms with Gasteiger partial charge in [0.1, 0.15) is 11.6 Å². The van der Waals surface area contributed by atoms with E-state index in [2.05, 4.69) is 10.2 Å². The maximum atomic E-state index is 12.9. The second kappa shape index (κ2) is 10.1. The molecule has 4 amide bonds. The van der Waals surface area contributed by atoms with Crippen LogP contribution in [0.2, 0.25) is 0 Å². The molecule has 0 aromatic heterocycles. The Balaban J connectivity index is 1.37. The minimum atomic E-state index is -1.26. The maximum Gasteiger partial charge on any atom is 0.282 e. The number of benzene rings is 2. The van der Waals surface area contributed by atoms with Gasteiger partial charge >= 0.3 is 0 Å². The molecule has 1 N–H and O–H groups in total. The second-order valence-electron chi connectivity index (χ2n) is 8.50. The lowest BCUT2D eigenvalue weighted by Gasteiger charge is -2.29. The Kier molecular flexibility index (Phi) is 6.97. The summed E-state index contributed by atoms with van der Waals surface area (Å²) in [7, 11) is 1.38. The molecular weight excluding hydrogens is 470 g/mol. The Morgan fingerprint density at radius 3 is 2.42 bits per heavy atom. The van der Waals surface area contributed by atoms with Crippen molar-refractivity contribution < 1.29 is 28.8 Å². The van der Waals surface area contributed by atoms with Gasteiger partial charge in [-0.1, -0.05) is 6.07 Å². The Morgan fingerprint density at radius 1 is 1.11 bits per heavy atom. The van der Waals surface area contributed by atoms with Crippen LogP contribution in [0.1, 0.15) is 27.6 Å². The zero-order valence-corrected chi connectivity index (χ0v) is 19.8. The predicted octanol–water partition coefficient (Wildman–Crippen LogP) is 1.51. The first-order chi connectivity index (χ1) is 17.2. The summed E-state index contributed by atoms with van der Waals surface area (Å²) in [5.74, 6) is -2.83. The summed E-state index contributed by atoms with van der Waals surface area (Å²) in [6, 6.07) is 9.78. The van der Waals surface area contributed by atoms with E-state index in [1.807, 2.05) is 12.1 Å². The number of nitro groups is 1. The summed E-state index contributed by atoms with van der Waals surface area (Å²) in [6.45, 7) is 3.92. The number of nitrogens with zero attached hydrogens (tertiary/aromatic N) is 4. The van der Waals surface area contributed by atoms with Crippen LogP contribution < -0.4 is 10.2 Å². The number of carbonyl (C=O) groups excluding carboxylic acids is 4. The summed E-state index contributed by atoms with van der Waals surface area (Å²) < 4.78 is 5.35. The third-order valence-electron chi connectivity index (χ3n) is 6.15. The Morgan fingerprint density at radius 2 is 1.78 bits per heavy atom. The van der Waals surface area contributed by atoms with Crippen molar-refractivity contribution in [3.63, 3.8) is 0 Å². The maximum absolute atomic E-state index is 12.9. The van der Waals surface area contributed by atoms with Gasteiger partial charge in [0.2, 0.25) is 11.8 Å². The predicted molar refractivity (Wildman–Crippen MR) is 129 cm³/mol. The molecule has 0 radical (unpaired) electrons. The van der Waals surface area contributed by atoms with Crippen LogP contribution in [0, 0.1) is 10.1 Å². The monoisotopic (exact) mass is 495 g/mol. The highest BCUT2D eigenvalue weighted by molar-refractivity contribution is 6.24. The summed E-state index contributed by atoms with van der Waals surface area (Å²) in [5, 5.41) is 14.0. The molecule has 2 heterocycles. The van der Waals surface area contributed by atoms with Crippen LogP contribution in [0.4, 0.5) is 17.1 Å². The molecule has 1 saturated heterocycles. The number of likely N-dealkylation sites (N-methyl/N-ethyl adjacent to an activating group) is 1. The second-order valence-corrected chi connectivity index (χ2v) is 8.50. The van der Waals surface area contributed by atoms with Crippen molar-refractivity contribution in [2.75, 3.05) is 50.1 Å². The largest absolute Gasteiger partial charge is 0.378 e. The van der Waals surface area contributed by atoms with Crippen LogP contribution in [-0.4, -0.2) is 84.3 Å². The van der Waals surface area contributed by atoms with Gasteiger partial charge in [0.05, 0.1) is 30.2 Å². The van der Waals surface area contributed by atoms with E-state index in [0.717, 1.165) is 29.7 Å². The third kappa shape index (κ3) is 4.75. The third-order valence-corrected chi connectivity index (χ3v) is 6.15. The lowest BCUT2D eigenvalue weighted by atomic mass is 10.1. The van der Waals surface area contributed by atoms with Crippen molar-refractivity contribution in [1.29, 1.82) is 0 Å². The minimum Gasteiger partial charge on any atom is -0.378 e. The van der Waals surface area contributed by atoms with E-state index < -0.39 is 40.3 Å². The molecular formula is C24H25N5O7. The number of amides is 4. The van der Waals surface area contributed by atoms with Gasteiger partial charge in [0, 0.05) is 37.6 Å². The quantitative estimate of drug-likeness (QED) is 0.346. The molecule has 2 aliphatic rings. The average Bonchev–Trinajstić information content (AvgIpc) is 3.13. The molecule has 0 aliphatic carbocycles. The first-order valence-corrected chi connectivity index (χ1v) is 11.3. The van der Waals surface area contributed by atoms with Crippen molar-refractivity contribution >= 4 is 40.7 Å². The van der Waals surface area contributed by atoms with Gasteiger partial charge in [-0.25, -0.2) is 0 Å². The highest BCUT2D eigenvalue weighted by atomic mass is 16.6. The number of imide groups is 1. The number of hydrogen-bond donors (Lipinski definition) is 1. The minimum absolute atomic E-state index is 0.130. The first kappa shape index (κ1) is 24.8. The van der Waals surface area contributed by atoms with Gasteiger partial charge in [-0.05, 0) is 37.3 Å². The van der Waals surface area contributed by atoms with Crippen molar-refractivity contribution in [3.8, 4) is 0 Å². The number of nitro benzene ring substituents is 1. The number of carbonyl (C=O) groups is 4.